The molecule has 1 spiro atoms. The first-order valence-corrected chi connectivity index (χ1v) is 19.2. The lowest BCUT2D eigenvalue weighted by molar-refractivity contribution is -0.154. The molecule has 2 amide bonds. The summed E-state index contributed by atoms with van der Waals surface area (Å²) in [5.74, 6) is -2.69. The standard InChI is InChI=1S/C42H50ClF3N4O3/c1-6-28(29-12-13-38-33(18-29)41(4,5)22-49(38)37-10-8-9-34(43)32(37)21-51)17-30(7-2)48-24-42(25-48)15-16-47(23-42)31-19-35(44)40(36(45)20-31)27(3)11-14-39(53)50(46)26-52/h8-10,12-13,18-21,26-28,30H,6-7,11,14-17,22-25H2,1-5H3. The van der Waals surface area contributed by atoms with E-state index in [1.165, 1.54) is 23.3 Å². The van der Waals surface area contributed by atoms with E-state index in [0.717, 1.165) is 69.5 Å². The van der Waals surface area contributed by atoms with Crippen LogP contribution in [0.2, 0.25) is 5.02 Å². The summed E-state index contributed by atoms with van der Waals surface area (Å²) in [4.78, 5) is 41.0. The Morgan fingerprint density at radius 1 is 0.981 bits per heavy atom. The average molecular weight is 751 g/mol. The van der Waals surface area contributed by atoms with Crippen molar-refractivity contribution in [2.24, 2.45) is 5.41 Å². The molecule has 3 aromatic rings. The first-order valence-electron chi connectivity index (χ1n) is 18.8. The minimum absolute atomic E-state index is 0.0106. The van der Waals surface area contributed by atoms with Gasteiger partial charge in [0.15, 0.2) is 6.29 Å². The lowest BCUT2D eigenvalue weighted by Crippen LogP contribution is -2.61. The third kappa shape index (κ3) is 7.59. The van der Waals surface area contributed by atoms with Crippen LogP contribution in [0.4, 0.5) is 30.3 Å². The molecule has 2 fully saturated rings. The summed E-state index contributed by atoms with van der Waals surface area (Å²) < 4.78 is 43.8. The van der Waals surface area contributed by atoms with Crippen molar-refractivity contribution in [2.45, 2.75) is 96.4 Å². The first-order chi connectivity index (χ1) is 25.2. The highest BCUT2D eigenvalue weighted by atomic mass is 35.5. The highest BCUT2D eigenvalue weighted by molar-refractivity contribution is 6.33. The molecule has 3 aromatic carbocycles. The van der Waals surface area contributed by atoms with Crippen LogP contribution in [-0.2, 0) is 15.0 Å². The maximum Gasteiger partial charge on any atom is 0.257 e. The van der Waals surface area contributed by atoms with Crippen molar-refractivity contribution in [3.63, 3.8) is 0 Å². The van der Waals surface area contributed by atoms with Gasteiger partial charge in [0.1, 0.15) is 11.6 Å². The molecule has 0 radical (unpaired) electrons. The molecule has 0 bridgehead atoms. The molecule has 6 rings (SSSR count). The van der Waals surface area contributed by atoms with Gasteiger partial charge in [-0.1, -0.05) is 68.9 Å². The second-order valence-electron chi connectivity index (χ2n) is 16.1. The van der Waals surface area contributed by atoms with E-state index in [1.54, 1.807) is 13.0 Å². The van der Waals surface area contributed by atoms with Crippen LogP contribution in [0, 0.1) is 17.0 Å². The Morgan fingerprint density at radius 2 is 1.70 bits per heavy atom. The number of hydrogen-bond donors (Lipinski definition) is 0. The topological polar surface area (TPSA) is 64.2 Å². The molecule has 3 unspecified atom stereocenters. The Hall–Kier alpha value is -3.89. The Bertz CT molecular complexity index is 1840. The lowest BCUT2D eigenvalue weighted by atomic mass is 9.76. The quantitative estimate of drug-likeness (QED) is 0.121. The molecule has 0 aliphatic carbocycles. The van der Waals surface area contributed by atoms with Gasteiger partial charge >= 0.3 is 0 Å². The summed E-state index contributed by atoms with van der Waals surface area (Å²) in [6.45, 7) is 14.7. The number of nitrogens with zero attached hydrogens (tertiary/aromatic N) is 4. The van der Waals surface area contributed by atoms with Crippen LogP contribution in [0.15, 0.2) is 48.5 Å². The minimum atomic E-state index is -1.04. The number of carbonyl (C=O) groups excluding carboxylic acids is 3. The number of likely N-dealkylation sites (tertiary alicyclic amines) is 1. The summed E-state index contributed by atoms with van der Waals surface area (Å²) in [6, 6.07) is 15.6. The first kappa shape index (κ1) is 38.8. The number of benzene rings is 3. The number of rotatable bonds is 14. The van der Waals surface area contributed by atoms with Gasteiger partial charge in [-0.2, -0.15) is 0 Å². The number of fused-ring (bicyclic) bond motifs is 1. The number of halogens is 4. The van der Waals surface area contributed by atoms with Gasteiger partial charge in [-0.25, -0.2) is 8.78 Å². The molecule has 3 aliphatic rings. The van der Waals surface area contributed by atoms with Crippen molar-refractivity contribution >= 4 is 47.3 Å². The summed E-state index contributed by atoms with van der Waals surface area (Å²) in [6.07, 6.45) is 4.34. The molecular weight excluding hydrogens is 701 g/mol. The van der Waals surface area contributed by atoms with E-state index in [2.05, 4.69) is 60.6 Å². The van der Waals surface area contributed by atoms with Gasteiger partial charge in [0.2, 0.25) is 6.41 Å². The molecule has 11 heteroatoms. The largest absolute Gasteiger partial charge is 0.371 e. The summed E-state index contributed by atoms with van der Waals surface area (Å²) in [7, 11) is 0. The maximum absolute atomic E-state index is 15.3. The van der Waals surface area contributed by atoms with Gasteiger partial charge in [-0.15, -0.1) is 5.12 Å². The number of imide groups is 1. The van der Waals surface area contributed by atoms with Crippen molar-refractivity contribution in [3.8, 4) is 0 Å². The Kier molecular flexibility index (Phi) is 11.3. The molecule has 0 saturated carbocycles. The SMILES string of the molecule is CCC(CC(CC)N1CC2(CCN(c3cc(F)c(C(C)CCC(=O)N(F)C=O)c(F)c3)C2)C1)c1ccc2c(c1)C(C)(C)CN2c1cccc(Cl)c1C=O. The molecule has 0 aromatic heterocycles. The number of carbonyl (C=O) groups is 3. The lowest BCUT2D eigenvalue weighted by Gasteiger charge is -2.52. The third-order valence-corrected chi connectivity index (χ3v) is 12.4. The van der Waals surface area contributed by atoms with Crippen molar-refractivity contribution in [1.82, 2.24) is 10.0 Å². The molecule has 0 N–H and O–H groups in total. The van der Waals surface area contributed by atoms with Crippen LogP contribution in [0.3, 0.4) is 0 Å². The predicted molar refractivity (Wildman–Crippen MR) is 204 cm³/mol. The molecule has 53 heavy (non-hydrogen) atoms. The van der Waals surface area contributed by atoms with E-state index >= 15 is 8.78 Å². The van der Waals surface area contributed by atoms with Gasteiger partial charge in [-0.3, -0.25) is 19.3 Å². The highest BCUT2D eigenvalue weighted by Crippen LogP contribution is 2.48. The van der Waals surface area contributed by atoms with Crippen LogP contribution >= 0.6 is 11.6 Å². The molecule has 3 heterocycles. The van der Waals surface area contributed by atoms with Gasteiger partial charge in [0.05, 0.1) is 16.3 Å². The average Bonchev–Trinajstić information content (AvgIpc) is 3.69. The Labute approximate surface area is 316 Å². The molecule has 284 valence electrons. The Balaban J connectivity index is 1.10. The molecule has 2 saturated heterocycles. The van der Waals surface area contributed by atoms with E-state index in [1.807, 2.05) is 12.1 Å². The second kappa shape index (κ2) is 15.5. The zero-order valence-corrected chi connectivity index (χ0v) is 32.1. The van der Waals surface area contributed by atoms with Gasteiger partial charge in [0, 0.05) is 73.0 Å². The molecular formula is C42H50ClF3N4O3. The Morgan fingerprint density at radius 3 is 2.34 bits per heavy atom. The highest BCUT2D eigenvalue weighted by Gasteiger charge is 2.49. The number of amides is 2. The summed E-state index contributed by atoms with van der Waals surface area (Å²) in [5.41, 5.74) is 5.41. The van der Waals surface area contributed by atoms with E-state index < -0.39 is 28.6 Å². The summed E-state index contributed by atoms with van der Waals surface area (Å²) in [5, 5.41) is -0.0897. The monoisotopic (exact) mass is 750 g/mol. The number of hydrogen-bond acceptors (Lipinski definition) is 6. The predicted octanol–water partition coefficient (Wildman–Crippen LogP) is 9.49. The molecule has 3 atom stereocenters. The van der Waals surface area contributed by atoms with Crippen LogP contribution in [0.5, 0.6) is 0 Å². The second-order valence-corrected chi connectivity index (χ2v) is 16.5. The zero-order chi connectivity index (χ0) is 38.2. The van der Waals surface area contributed by atoms with Gasteiger partial charge < -0.3 is 9.80 Å². The van der Waals surface area contributed by atoms with Crippen LogP contribution in [0.1, 0.15) is 112 Å². The summed E-state index contributed by atoms with van der Waals surface area (Å²) >= 11 is 6.41. The van der Waals surface area contributed by atoms with Gasteiger partial charge in [0.25, 0.3) is 5.91 Å². The van der Waals surface area contributed by atoms with Crippen molar-refractivity contribution in [2.75, 3.05) is 42.5 Å². The fourth-order valence-electron chi connectivity index (χ4n) is 9.05. The van der Waals surface area contributed by atoms with E-state index in [-0.39, 0.29) is 35.6 Å². The minimum Gasteiger partial charge on any atom is -0.371 e. The van der Waals surface area contributed by atoms with E-state index in [0.29, 0.717) is 34.8 Å². The smallest absolute Gasteiger partial charge is 0.257 e. The maximum atomic E-state index is 15.3. The zero-order valence-electron chi connectivity index (χ0n) is 31.3. The molecule has 7 nitrogen and oxygen atoms in total. The van der Waals surface area contributed by atoms with E-state index in [9.17, 15) is 18.9 Å². The normalized spacial score (nSPS) is 19.1. The van der Waals surface area contributed by atoms with Crippen molar-refractivity contribution in [1.29, 1.82) is 0 Å². The van der Waals surface area contributed by atoms with Crippen molar-refractivity contribution < 1.29 is 27.6 Å². The van der Waals surface area contributed by atoms with Gasteiger partial charge in [-0.05, 0) is 85.4 Å². The third-order valence-electron chi connectivity index (χ3n) is 12.1. The number of anilines is 3. The van der Waals surface area contributed by atoms with E-state index in [4.69, 9.17) is 11.6 Å². The van der Waals surface area contributed by atoms with Crippen LogP contribution < -0.4 is 9.80 Å². The fourth-order valence-corrected chi connectivity index (χ4v) is 9.26. The number of aldehydes is 1. The van der Waals surface area contributed by atoms with Crippen molar-refractivity contribution in [3.05, 3.63) is 87.4 Å². The van der Waals surface area contributed by atoms with Crippen LogP contribution in [-0.4, -0.2) is 67.4 Å². The molecule has 3 aliphatic heterocycles. The fraction of sp³-hybridized carbons (Fsp3) is 0.500. The van der Waals surface area contributed by atoms with Crippen LogP contribution in [0.25, 0.3) is 0 Å².